The standard InChI is InChI=1S/C26H31BrN2O2/c1-17-21-12-11-20(27)15-23(21)31-24(17)25(30)28-16-22(29-13-5-6-14-29)18-7-9-19(10-8-18)26(2,3)4/h7-12,15,22H,5-6,13-14,16H2,1-4H3,(H,28,30)/t22-/m1/s1. The highest BCUT2D eigenvalue weighted by Crippen LogP contribution is 2.30. The summed E-state index contributed by atoms with van der Waals surface area (Å²) in [4.78, 5) is 15.5. The van der Waals surface area contributed by atoms with Gasteiger partial charge in [0.05, 0.1) is 6.04 Å². The Morgan fingerprint density at radius 3 is 2.45 bits per heavy atom. The molecule has 0 aliphatic carbocycles. The number of aryl methyl sites for hydroxylation is 1. The number of carbonyl (C=O) groups is 1. The summed E-state index contributed by atoms with van der Waals surface area (Å²) in [5, 5.41) is 4.12. The number of amides is 1. The maximum absolute atomic E-state index is 13.0. The van der Waals surface area contributed by atoms with Gasteiger partial charge in [0.25, 0.3) is 5.91 Å². The SMILES string of the molecule is Cc1c(C(=O)NC[C@H](c2ccc(C(C)(C)C)cc2)N2CCCC2)oc2cc(Br)ccc12. The summed E-state index contributed by atoms with van der Waals surface area (Å²) in [5.74, 6) is 0.247. The lowest BCUT2D eigenvalue weighted by Gasteiger charge is -2.29. The molecule has 0 spiro atoms. The first kappa shape index (κ1) is 22.1. The lowest BCUT2D eigenvalue weighted by molar-refractivity contribution is 0.0911. The van der Waals surface area contributed by atoms with E-state index in [4.69, 9.17) is 4.42 Å². The van der Waals surface area contributed by atoms with E-state index in [1.54, 1.807) is 0 Å². The maximum atomic E-state index is 13.0. The van der Waals surface area contributed by atoms with Crippen LogP contribution in [0, 0.1) is 6.92 Å². The third-order valence-corrected chi connectivity index (χ3v) is 6.80. The van der Waals surface area contributed by atoms with Crippen LogP contribution in [0.25, 0.3) is 11.0 Å². The number of furan rings is 1. The first-order valence-electron chi connectivity index (χ1n) is 11.1. The highest BCUT2D eigenvalue weighted by atomic mass is 79.9. The molecule has 0 saturated carbocycles. The Hall–Kier alpha value is -2.11. The average Bonchev–Trinajstić information content (AvgIpc) is 3.36. The van der Waals surface area contributed by atoms with E-state index < -0.39 is 0 Å². The molecule has 4 nitrogen and oxygen atoms in total. The van der Waals surface area contributed by atoms with Crippen molar-refractivity contribution in [3.8, 4) is 0 Å². The minimum absolute atomic E-state index is 0.129. The van der Waals surface area contributed by atoms with Gasteiger partial charge < -0.3 is 9.73 Å². The molecule has 5 heteroatoms. The highest BCUT2D eigenvalue weighted by molar-refractivity contribution is 9.10. The normalized spacial score (nSPS) is 16.0. The topological polar surface area (TPSA) is 45.5 Å². The number of rotatable bonds is 5. The number of halogens is 1. The van der Waals surface area contributed by atoms with Crippen LogP contribution in [0.15, 0.2) is 51.4 Å². The first-order valence-corrected chi connectivity index (χ1v) is 11.8. The molecule has 1 aliphatic heterocycles. The third kappa shape index (κ3) is 4.73. The van der Waals surface area contributed by atoms with E-state index in [2.05, 4.69) is 71.2 Å². The zero-order chi connectivity index (χ0) is 22.2. The molecule has 0 radical (unpaired) electrons. The predicted molar refractivity (Wildman–Crippen MR) is 130 cm³/mol. The van der Waals surface area contributed by atoms with Crippen molar-refractivity contribution in [1.82, 2.24) is 10.2 Å². The summed E-state index contributed by atoms with van der Waals surface area (Å²) >= 11 is 3.47. The van der Waals surface area contributed by atoms with Crippen LogP contribution >= 0.6 is 15.9 Å². The molecule has 31 heavy (non-hydrogen) atoms. The molecule has 1 saturated heterocycles. The molecule has 0 unspecified atom stereocenters. The van der Waals surface area contributed by atoms with E-state index in [0.29, 0.717) is 12.3 Å². The van der Waals surface area contributed by atoms with Crippen LogP contribution in [0.3, 0.4) is 0 Å². The summed E-state index contributed by atoms with van der Waals surface area (Å²) < 4.78 is 6.84. The van der Waals surface area contributed by atoms with Crippen molar-refractivity contribution >= 4 is 32.8 Å². The van der Waals surface area contributed by atoms with Crippen LogP contribution in [-0.2, 0) is 5.41 Å². The smallest absolute Gasteiger partial charge is 0.287 e. The Kier molecular flexibility index (Phi) is 6.27. The molecule has 164 valence electrons. The molecule has 0 bridgehead atoms. The second-order valence-electron chi connectivity index (χ2n) is 9.54. The van der Waals surface area contributed by atoms with Gasteiger partial charge in [-0.3, -0.25) is 9.69 Å². The van der Waals surface area contributed by atoms with E-state index in [0.717, 1.165) is 34.1 Å². The van der Waals surface area contributed by atoms with Crippen molar-refractivity contribution in [1.29, 1.82) is 0 Å². The second kappa shape index (κ2) is 8.79. The van der Waals surface area contributed by atoms with Crippen molar-refractivity contribution in [3.63, 3.8) is 0 Å². The molecule has 1 aliphatic rings. The molecule has 3 aromatic rings. The number of hydrogen-bond donors (Lipinski definition) is 1. The number of nitrogens with one attached hydrogen (secondary N) is 1. The van der Waals surface area contributed by atoms with Gasteiger partial charge in [-0.1, -0.05) is 61.0 Å². The number of carbonyl (C=O) groups excluding carboxylic acids is 1. The van der Waals surface area contributed by atoms with Crippen molar-refractivity contribution in [3.05, 3.63) is 69.4 Å². The molecule has 2 heterocycles. The number of fused-ring (bicyclic) bond motifs is 1. The molecular weight excluding hydrogens is 452 g/mol. The zero-order valence-electron chi connectivity index (χ0n) is 18.8. The van der Waals surface area contributed by atoms with Gasteiger partial charge in [0.15, 0.2) is 5.76 Å². The summed E-state index contributed by atoms with van der Waals surface area (Å²) in [5.41, 5.74) is 4.31. The van der Waals surface area contributed by atoms with Crippen LogP contribution in [-0.4, -0.2) is 30.4 Å². The van der Waals surface area contributed by atoms with Gasteiger partial charge in [-0.25, -0.2) is 0 Å². The van der Waals surface area contributed by atoms with Gasteiger partial charge in [-0.2, -0.15) is 0 Å². The van der Waals surface area contributed by atoms with Crippen LogP contribution in [0.1, 0.15) is 66.9 Å². The van der Waals surface area contributed by atoms with Crippen LogP contribution in [0.5, 0.6) is 0 Å². The Labute approximate surface area is 193 Å². The van der Waals surface area contributed by atoms with Gasteiger partial charge in [0.1, 0.15) is 5.58 Å². The van der Waals surface area contributed by atoms with Gasteiger partial charge >= 0.3 is 0 Å². The fourth-order valence-electron chi connectivity index (χ4n) is 4.40. The maximum Gasteiger partial charge on any atom is 0.287 e. The number of benzene rings is 2. The lowest BCUT2D eigenvalue weighted by Crippen LogP contribution is -2.37. The molecule has 1 fully saturated rings. The Balaban J connectivity index is 1.54. The Bertz CT molecular complexity index is 1070. The summed E-state index contributed by atoms with van der Waals surface area (Å²) in [7, 11) is 0. The van der Waals surface area contributed by atoms with Gasteiger partial charge in [-0.15, -0.1) is 0 Å². The van der Waals surface area contributed by atoms with Crippen molar-refractivity contribution < 1.29 is 9.21 Å². The summed E-state index contributed by atoms with van der Waals surface area (Å²) in [6.07, 6.45) is 2.42. The van der Waals surface area contributed by atoms with Crippen LogP contribution < -0.4 is 5.32 Å². The second-order valence-corrected chi connectivity index (χ2v) is 10.5. The van der Waals surface area contributed by atoms with Gasteiger partial charge in [-0.05, 0) is 67.6 Å². The van der Waals surface area contributed by atoms with Gasteiger partial charge in [0.2, 0.25) is 0 Å². The van der Waals surface area contributed by atoms with E-state index in [1.807, 2.05) is 25.1 Å². The van der Waals surface area contributed by atoms with Crippen LogP contribution in [0.2, 0.25) is 0 Å². The number of nitrogens with zero attached hydrogens (tertiary/aromatic N) is 1. The molecule has 1 aromatic heterocycles. The van der Waals surface area contributed by atoms with Crippen molar-refractivity contribution in [2.75, 3.05) is 19.6 Å². The fourth-order valence-corrected chi connectivity index (χ4v) is 4.74. The minimum atomic E-state index is -0.152. The average molecular weight is 483 g/mol. The number of hydrogen-bond acceptors (Lipinski definition) is 3. The minimum Gasteiger partial charge on any atom is -0.451 e. The molecule has 4 rings (SSSR count). The van der Waals surface area contributed by atoms with Crippen molar-refractivity contribution in [2.45, 2.75) is 52.0 Å². The Morgan fingerprint density at radius 2 is 1.81 bits per heavy atom. The highest BCUT2D eigenvalue weighted by Gasteiger charge is 2.26. The predicted octanol–water partition coefficient (Wildman–Crippen LogP) is 6.37. The molecule has 2 aromatic carbocycles. The lowest BCUT2D eigenvalue weighted by atomic mass is 9.86. The van der Waals surface area contributed by atoms with E-state index in [-0.39, 0.29) is 17.4 Å². The Morgan fingerprint density at radius 1 is 1.13 bits per heavy atom. The fraction of sp³-hybridized carbons (Fsp3) is 0.423. The largest absolute Gasteiger partial charge is 0.451 e. The summed E-state index contributed by atoms with van der Waals surface area (Å²) in [6, 6.07) is 14.9. The molecule has 1 atom stereocenters. The number of likely N-dealkylation sites (tertiary alicyclic amines) is 1. The first-order chi connectivity index (χ1) is 14.7. The third-order valence-electron chi connectivity index (χ3n) is 6.31. The zero-order valence-corrected chi connectivity index (χ0v) is 20.4. The molecule has 1 amide bonds. The van der Waals surface area contributed by atoms with E-state index >= 15 is 0 Å². The quantitative estimate of drug-likeness (QED) is 0.459. The summed E-state index contributed by atoms with van der Waals surface area (Å²) in [6.45, 7) is 11.3. The van der Waals surface area contributed by atoms with Crippen LogP contribution in [0.4, 0.5) is 0 Å². The van der Waals surface area contributed by atoms with Crippen molar-refractivity contribution in [2.24, 2.45) is 0 Å². The molecule has 1 N–H and O–H groups in total. The molecular formula is C26H31BrN2O2. The van der Waals surface area contributed by atoms with E-state index in [1.165, 1.54) is 24.0 Å². The van der Waals surface area contributed by atoms with E-state index in [9.17, 15) is 4.79 Å². The monoisotopic (exact) mass is 482 g/mol. The van der Waals surface area contributed by atoms with Gasteiger partial charge in [0, 0.05) is 22.0 Å².